The van der Waals surface area contributed by atoms with Gasteiger partial charge in [0.25, 0.3) is 5.91 Å². The van der Waals surface area contributed by atoms with Crippen molar-refractivity contribution in [3.8, 4) is 16.9 Å². The van der Waals surface area contributed by atoms with Gasteiger partial charge in [0.2, 0.25) is 0 Å². The lowest BCUT2D eigenvalue weighted by Gasteiger charge is -2.26. The van der Waals surface area contributed by atoms with Crippen molar-refractivity contribution in [1.82, 2.24) is 20.2 Å². The van der Waals surface area contributed by atoms with Crippen LogP contribution >= 0.6 is 42.4 Å². The number of hydrogen-bond acceptors (Lipinski definition) is 5. The Hall–Kier alpha value is -2.10. The highest BCUT2D eigenvalue weighted by molar-refractivity contribution is 7.51. The molecule has 9 nitrogen and oxygen atoms in total. The van der Waals surface area contributed by atoms with Gasteiger partial charge in [-0.2, -0.15) is 5.10 Å². The molecule has 204 valence electrons. The summed E-state index contributed by atoms with van der Waals surface area (Å²) < 4.78 is 12.7. The first kappa shape index (κ1) is 28.9. The Labute approximate surface area is 236 Å². The lowest BCUT2D eigenvalue weighted by Crippen LogP contribution is -2.45. The Bertz CT molecular complexity index is 1370. The summed E-state index contributed by atoms with van der Waals surface area (Å²) in [5, 5.41) is 11.0. The molecule has 4 rings (SSSR count). The van der Waals surface area contributed by atoms with Crippen molar-refractivity contribution in [3.05, 3.63) is 62.7 Å². The van der Waals surface area contributed by atoms with Gasteiger partial charge in [0, 0.05) is 41.5 Å². The van der Waals surface area contributed by atoms with Crippen LogP contribution in [0.25, 0.3) is 16.9 Å². The molecular weight excluding hydrogens is 572 g/mol. The highest BCUT2D eigenvalue weighted by atomic mass is 35.5. The number of nitrogens with zero attached hydrogens (tertiary/aromatic N) is 3. The zero-order valence-electron chi connectivity index (χ0n) is 20.8. The van der Waals surface area contributed by atoms with Crippen LogP contribution in [0.15, 0.2) is 36.4 Å². The van der Waals surface area contributed by atoms with Crippen molar-refractivity contribution >= 4 is 54.0 Å². The molecule has 2 heterocycles. The highest BCUT2D eigenvalue weighted by Crippen LogP contribution is 2.37. The number of carbonyl (C=O) groups is 1. The maximum Gasteiger partial charge on any atom is 0.325 e. The zero-order valence-corrected chi connectivity index (χ0v) is 23.9. The summed E-state index contributed by atoms with van der Waals surface area (Å²) in [5.41, 5.74) is 6.34. The monoisotopic (exact) mass is 599 g/mol. The van der Waals surface area contributed by atoms with Crippen LogP contribution in [0.2, 0.25) is 15.1 Å². The zero-order chi connectivity index (χ0) is 27.4. The minimum atomic E-state index is -4.04. The molecule has 1 fully saturated rings. The van der Waals surface area contributed by atoms with Crippen LogP contribution in [0.1, 0.15) is 41.7 Å². The summed E-state index contributed by atoms with van der Waals surface area (Å²) in [4.78, 5) is 31.3. The molecule has 38 heavy (non-hydrogen) atoms. The van der Waals surface area contributed by atoms with Gasteiger partial charge in [-0.1, -0.05) is 41.2 Å². The average molecular weight is 601 g/mol. The van der Waals surface area contributed by atoms with Crippen LogP contribution in [0.5, 0.6) is 0 Å². The normalized spacial score (nSPS) is 14.5. The molecule has 13 heteroatoms. The molecule has 0 bridgehead atoms. The molecular formula is C25H29Cl3N5O4P. The van der Waals surface area contributed by atoms with E-state index in [0.29, 0.717) is 56.2 Å². The molecule has 4 N–H and O–H groups in total. The van der Waals surface area contributed by atoms with Crippen molar-refractivity contribution < 1.29 is 19.1 Å². The van der Waals surface area contributed by atoms with Crippen LogP contribution in [0.3, 0.4) is 0 Å². The first-order valence-electron chi connectivity index (χ1n) is 12.2. The van der Waals surface area contributed by atoms with E-state index >= 15 is 0 Å². The molecule has 0 unspecified atom stereocenters. The number of hydrogen-bond donors (Lipinski definition) is 4. The molecule has 3 aromatic rings. The lowest BCUT2D eigenvalue weighted by molar-refractivity contribution is 0.0743. The maximum atomic E-state index is 13.3. The quantitative estimate of drug-likeness (QED) is 0.178. The number of amides is 1. The molecule has 1 amide bonds. The fourth-order valence-electron chi connectivity index (χ4n) is 4.39. The van der Waals surface area contributed by atoms with Crippen molar-refractivity contribution in [3.63, 3.8) is 0 Å². The van der Waals surface area contributed by atoms with E-state index in [9.17, 15) is 9.36 Å². The van der Waals surface area contributed by atoms with E-state index in [1.165, 1.54) is 0 Å². The Kier molecular flexibility index (Phi) is 9.42. The van der Waals surface area contributed by atoms with Gasteiger partial charge in [-0.15, -0.1) is 0 Å². The van der Waals surface area contributed by atoms with Gasteiger partial charge in [-0.05, 0) is 62.6 Å². The van der Waals surface area contributed by atoms with Crippen LogP contribution in [-0.2, 0) is 4.57 Å². The fraction of sp³-hybridized carbons (Fsp3) is 0.360. The van der Waals surface area contributed by atoms with Crippen LogP contribution < -0.4 is 10.7 Å². The third-order valence-corrected chi connectivity index (χ3v) is 8.02. The number of halogens is 3. The van der Waals surface area contributed by atoms with Crippen LogP contribution in [0.4, 0.5) is 5.69 Å². The maximum absolute atomic E-state index is 13.3. The van der Waals surface area contributed by atoms with Crippen molar-refractivity contribution in [2.24, 2.45) is 0 Å². The number of piperidine rings is 1. The van der Waals surface area contributed by atoms with E-state index in [1.807, 2.05) is 11.9 Å². The molecule has 0 atom stereocenters. The first-order chi connectivity index (χ1) is 18.0. The Morgan fingerprint density at radius 1 is 1.05 bits per heavy atom. The number of nitrogens with one attached hydrogen (secondary N) is 2. The minimum Gasteiger partial charge on any atom is -0.385 e. The molecule has 0 spiro atoms. The predicted molar refractivity (Wildman–Crippen MR) is 152 cm³/mol. The minimum absolute atomic E-state index is 0.203. The summed E-state index contributed by atoms with van der Waals surface area (Å²) in [6, 6.07) is 10.4. The van der Waals surface area contributed by atoms with E-state index in [4.69, 9.17) is 44.6 Å². The third-order valence-electron chi connectivity index (χ3n) is 6.27. The Morgan fingerprint density at radius 2 is 1.79 bits per heavy atom. The lowest BCUT2D eigenvalue weighted by atomic mass is 10.1. The SMILES string of the molecule is Cc1c(C(=O)NN2CCCCC2)nn(-c2ccc(NCCCP(=O)(O)O)cc2Cl)c1-c1ccc(Cl)cc1Cl. The number of benzene rings is 2. The fourth-order valence-corrected chi connectivity index (χ4v) is 5.72. The van der Waals surface area contributed by atoms with E-state index < -0.39 is 7.60 Å². The van der Waals surface area contributed by atoms with Crippen molar-refractivity contribution in [1.29, 1.82) is 0 Å². The second kappa shape index (κ2) is 12.4. The summed E-state index contributed by atoms with van der Waals surface area (Å²) in [7, 11) is -4.04. The number of aromatic nitrogens is 2. The third kappa shape index (κ3) is 7.10. The van der Waals surface area contributed by atoms with Crippen LogP contribution in [-0.4, -0.2) is 56.3 Å². The van der Waals surface area contributed by atoms with Gasteiger partial charge >= 0.3 is 7.60 Å². The van der Waals surface area contributed by atoms with Crippen molar-refractivity contribution in [2.45, 2.75) is 32.6 Å². The van der Waals surface area contributed by atoms with Gasteiger partial charge in [0.1, 0.15) is 0 Å². The molecule has 0 aliphatic carbocycles. The van der Waals surface area contributed by atoms with Gasteiger partial charge < -0.3 is 15.1 Å². The van der Waals surface area contributed by atoms with E-state index in [2.05, 4.69) is 15.8 Å². The number of hydrazine groups is 1. The van der Waals surface area contributed by atoms with Gasteiger partial charge in [-0.25, -0.2) is 9.69 Å². The summed E-state index contributed by atoms with van der Waals surface area (Å²) in [6.07, 6.45) is 3.29. The number of rotatable bonds is 9. The van der Waals surface area contributed by atoms with Gasteiger partial charge in [-0.3, -0.25) is 14.8 Å². The average Bonchev–Trinajstić information content (AvgIpc) is 3.19. The molecule has 1 aromatic heterocycles. The Morgan fingerprint density at radius 3 is 2.45 bits per heavy atom. The standard InChI is InChI=1S/C25H29Cl3N5O4P/c1-16-23(25(34)31-32-11-3-2-4-12-32)30-33(24(16)19-8-6-17(26)14-20(19)27)22-9-7-18(15-21(22)28)29-10-5-13-38(35,36)37/h6-9,14-15,29H,2-5,10-13H2,1H3,(H,31,34)(H2,35,36,37). The summed E-state index contributed by atoms with van der Waals surface area (Å²) in [5.74, 6) is -0.311. The van der Waals surface area contributed by atoms with Gasteiger partial charge in [0.05, 0.1) is 27.6 Å². The smallest absolute Gasteiger partial charge is 0.325 e. The predicted octanol–water partition coefficient (Wildman–Crippen LogP) is 5.92. The molecule has 1 aliphatic heterocycles. The number of carbonyl (C=O) groups excluding carboxylic acids is 1. The molecule has 2 aromatic carbocycles. The molecule has 1 aliphatic rings. The Balaban J connectivity index is 1.68. The van der Waals surface area contributed by atoms with E-state index in [0.717, 1.165) is 32.4 Å². The topological polar surface area (TPSA) is 120 Å². The summed E-state index contributed by atoms with van der Waals surface area (Å²) >= 11 is 19.4. The van der Waals surface area contributed by atoms with E-state index in [1.54, 1.807) is 41.1 Å². The van der Waals surface area contributed by atoms with Crippen LogP contribution in [0, 0.1) is 6.92 Å². The second-order valence-electron chi connectivity index (χ2n) is 9.18. The summed E-state index contributed by atoms with van der Waals surface area (Å²) in [6.45, 7) is 3.76. The van der Waals surface area contributed by atoms with Crippen molar-refractivity contribution in [2.75, 3.05) is 31.1 Å². The van der Waals surface area contributed by atoms with Gasteiger partial charge in [0.15, 0.2) is 5.69 Å². The number of anilines is 1. The second-order valence-corrected chi connectivity index (χ2v) is 12.2. The highest BCUT2D eigenvalue weighted by Gasteiger charge is 2.26. The largest absolute Gasteiger partial charge is 0.385 e. The molecule has 0 saturated carbocycles. The first-order valence-corrected chi connectivity index (χ1v) is 15.2. The van der Waals surface area contributed by atoms with E-state index in [-0.39, 0.29) is 17.8 Å². The molecule has 0 radical (unpaired) electrons. The molecule has 1 saturated heterocycles.